The van der Waals surface area contributed by atoms with Crippen LogP contribution >= 0.6 is 0 Å². The van der Waals surface area contributed by atoms with E-state index >= 15 is 0 Å². The highest BCUT2D eigenvalue weighted by molar-refractivity contribution is 5.93. The lowest BCUT2D eigenvalue weighted by atomic mass is 9.96. The molecule has 2 amide bonds. The lowest BCUT2D eigenvalue weighted by molar-refractivity contribution is -0.131. The van der Waals surface area contributed by atoms with E-state index in [2.05, 4.69) is 25.8 Å². The Labute approximate surface area is 244 Å². The van der Waals surface area contributed by atoms with Crippen molar-refractivity contribution in [3.05, 3.63) is 72.1 Å². The molecular weight excluding hydrogens is 538 g/mol. The lowest BCUT2D eigenvalue weighted by Gasteiger charge is -2.25. The van der Waals surface area contributed by atoms with Crippen molar-refractivity contribution in [1.82, 2.24) is 20.6 Å². The van der Waals surface area contributed by atoms with Gasteiger partial charge in [-0.3, -0.25) is 9.59 Å². The van der Waals surface area contributed by atoms with Gasteiger partial charge in [-0.25, -0.2) is 0 Å². The average Bonchev–Trinajstić information content (AvgIpc) is 3.58. The summed E-state index contributed by atoms with van der Waals surface area (Å²) >= 11 is 0. The van der Waals surface area contributed by atoms with Gasteiger partial charge in [-0.05, 0) is 36.1 Å². The van der Waals surface area contributed by atoms with E-state index in [-0.39, 0.29) is 30.5 Å². The van der Waals surface area contributed by atoms with E-state index in [9.17, 15) is 19.8 Å². The number of H-pyrrole nitrogens is 2. The number of oxime groups is 1. The van der Waals surface area contributed by atoms with Crippen LogP contribution in [0.3, 0.4) is 0 Å². The fraction of sp³-hybridized carbons (Fsp3) is 0.387. The first-order valence-electron chi connectivity index (χ1n) is 13.9. The SMILES string of the molecule is CO[C@H](/C(=N/OCC(=O)N[C@@H](Cc1c[nH]c2ccccc12)C(=O)NCc1c[nH]c2ccccc12)[C@@H](O)[C@@H](C)O)C(C)C. The summed E-state index contributed by atoms with van der Waals surface area (Å²) in [5, 5.41) is 32.0. The molecule has 4 atom stereocenters. The Kier molecular flexibility index (Phi) is 10.3. The third kappa shape index (κ3) is 7.35. The predicted octanol–water partition coefficient (Wildman–Crippen LogP) is 2.78. The molecule has 0 unspecified atom stereocenters. The van der Waals surface area contributed by atoms with Crippen molar-refractivity contribution < 1.29 is 29.4 Å². The van der Waals surface area contributed by atoms with E-state index in [4.69, 9.17) is 9.57 Å². The summed E-state index contributed by atoms with van der Waals surface area (Å²) in [6, 6.07) is 14.6. The summed E-state index contributed by atoms with van der Waals surface area (Å²) < 4.78 is 5.44. The number of aliphatic hydroxyl groups excluding tert-OH is 2. The number of carbonyl (C=O) groups is 2. The number of rotatable bonds is 14. The van der Waals surface area contributed by atoms with E-state index in [0.717, 1.165) is 32.9 Å². The molecule has 0 fully saturated rings. The Morgan fingerprint density at radius 1 is 0.929 bits per heavy atom. The predicted molar refractivity (Wildman–Crippen MR) is 161 cm³/mol. The number of benzene rings is 2. The van der Waals surface area contributed by atoms with Crippen molar-refractivity contribution in [2.75, 3.05) is 13.7 Å². The minimum absolute atomic E-state index is 0.0714. The molecule has 11 nitrogen and oxygen atoms in total. The summed E-state index contributed by atoms with van der Waals surface area (Å²) in [6.07, 6.45) is 0.821. The van der Waals surface area contributed by atoms with Gasteiger partial charge in [0.25, 0.3) is 5.91 Å². The number of aliphatic hydroxyl groups is 2. The summed E-state index contributed by atoms with van der Waals surface area (Å²) in [7, 11) is 1.46. The number of methoxy groups -OCH3 is 1. The van der Waals surface area contributed by atoms with Gasteiger partial charge in [-0.2, -0.15) is 0 Å². The quantitative estimate of drug-likeness (QED) is 0.0998. The van der Waals surface area contributed by atoms with Crippen molar-refractivity contribution in [3.63, 3.8) is 0 Å². The molecule has 0 bridgehead atoms. The van der Waals surface area contributed by atoms with E-state index in [0.29, 0.717) is 0 Å². The highest BCUT2D eigenvalue weighted by Gasteiger charge is 2.30. The number of aromatic amines is 2. The number of nitrogens with one attached hydrogen (secondary N) is 4. The Hall–Kier alpha value is -4.19. The minimum atomic E-state index is -1.34. The van der Waals surface area contributed by atoms with E-state index in [1.54, 1.807) is 0 Å². The van der Waals surface area contributed by atoms with Crippen LogP contribution in [0.2, 0.25) is 0 Å². The molecule has 4 rings (SSSR count). The smallest absolute Gasteiger partial charge is 0.261 e. The van der Waals surface area contributed by atoms with Crippen LogP contribution in [0.25, 0.3) is 21.8 Å². The molecule has 0 aliphatic carbocycles. The van der Waals surface area contributed by atoms with E-state index in [1.807, 2.05) is 74.8 Å². The first kappa shape index (κ1) is 30.8. The monoisotopic (exact) mass is 577 g/mol. The molecule has 0 spiro atoms. The molecule has 42 heavy (non-hydrogen) atoms. The summed E-state index contributed by atoms with van der Waals surface area (Å²) in [4.78, 5) is 38.1. The van der Waals surface area contributed by atoms with Crippen molar-refractivity contribution in [3.8, 4) is 0 Å². The normalized spacial score (nSPS) is 15.0. The Balaban J connectivity index is 1.48. The van der Waals surface area contributed by atoms with Crippen molar-refractivity contribution in [2.24, 2.45) is 11.1 Å². The third-order valence-electron chi connectivity index (χ3n) is 7.16. The number of hydrogen-bond acceptors (Lipinski definition) is 7. The maximum absolute atomic E-state index is 13.4. The summed E-state index contributed by atoms with van der Waals surface area (Å²) in [5.41, 5.74) is 3.77. The second-order valence-corrected chi connectivity index (χ2v) is 10.6. The zero-order valence-electron chi connectivity index (χ0n) is 24.3. The lowest BCUT2D eigenvalue weighted by Crippen LogP contribution is -2.48. The molecule has 2 aromatic carbocycles. The molecule has 4 aromatic rings. The van der Waals surface area contributed by atoms with Gasteiger partial charge in [0.2, 0.25) is 5.91 Å². The van der Waals surface area contributed by atoms with Crippen LogP contribution in [-0.2, 0) is 32.1 Å². The van der Waals surface area contributed by atoms with Crippen LogP contribution in [0.1, 0.15) is 31.9 Å². The number of nitrogens with zero attached hydrogens (tertiary/aromatic N) is 1. The first-order valence-corrected chi connectivity index (χ1v) is 13.9. The molecule has 6 N–H and O–H groups in total. The Morgan fingerprint density at radius 3 is 2.12 bits per heavy atom. The average molecular weight is 578 g/mol. The zero-order chi connectivity index (χ0) is 30.2. The highest BCUT2D eigenvalue weighted by atomic mass is 16.6. The van der Waals surface area contributed by atoms with Crippen LogP contribution in [0.15, 0.2) is 66.1 Å². The largest absolute Gasteiger partial charge is 0.390 e. The van der Waals surface area contributed by atoms with Gasteiger partial charge in [0.1, 0.15) is 24.0 Å². The molecule has 0 aliphatic rings. The van der Waals surface area contributed by atoms with Crippen LogP contribution in [-0.4, -0.2) is 75.8 Å². The summed E-state index contributed by atoms with van der Waals surface area (Å²) in [6.45, 7) is 4.93. The van der Waals surface area contributed by atoms with Crippen molar-refractivity contribution in [1.29, 1.82) is 0 Å². The van der Waals surface area contributed by atoms with Gasteiger partial charge in [-0.1, -0.05) is 55.4 Å². The van der Waals surface area contributed by atoms with E-state index in [1.165, 1.54) is 14.0 Å². The number of ether oxygens (including phenoxy) is 1. The molecule has 11 heteroatoms. The van der Waals surface area contributed by atoms with Gasteiger partial charge < -0.3 is 40.4 Å². The molecule has 224 valence electrons. The number of hydrogen-bond donors (Lipinski definition) is 6. The van der Waals surface area contributed by atoms with Crippen molar-refractivity contribution >= 4 is 39.3 Å². The first-order chi connectivity index (χ1) is 20.2. The van der Waals surface area contributed by atoms with Gasteiger partial charge in [0, 0.05) is 54.3 Å². The zero-order valence-corrected chi connectivity index (χ0v) is 24.3. The minimum Gasteiger partial charge on any atom is -0.390 e. The second kappa shape index (κ2) is 14.1. The molecular formula is C31H39N5O6. The molecule has 2 aromatic heterocycles. The maximum Gasteiger partial charge on any atom is 0.261 e. The Morgan fingerprint density at radius 2 is 1.52 bits per heavy atom. The van der Waals surface area contributed by atoms with E-state index < -0.39 is 36.9 Å². The van der Waals surface area contributed by atoms with Crippen LogP contribution in [0.5, 0.6) is 0 Å². The Bertz CT molecular complexity index is 1520. The topological polar surface area (TPSA) is 161 Å². The fourth-order valence-electron chi connectivity index (χ4n) is 4.97. The molecule has 2 heterocycles. The van der Waals surface area contributed by atoms with Gasteiger partial charge in [0.15, 0.2) is 6.61 Å². The van der Waals surface area contributed by atoms with Crippen molar-refractivity contribution in [2.45, 2.75) is 58.1 Å². The molecule has 0 radical (unpaired) electrons. The molecule has 0 aliphatic heterocycles. The van der Waals surface area contributed by atoms with Gasteiger partial charge >= 0.3 is 0 Å². The van der Waals surface area contributed by atoms with Crippen LogP contribution in [0, 0.1) is 5.92 Å². The van der Waals surface area contributed by atoms with Crippen LogP contribution in [0.4, 0.5) is 0 Å². The third-order valence-corrected chi connectivity index (χ3v) is 7.16. The standard InChI is InChI=1S/C31H39N5O6/c1-18(2)30(41-4)28(29(39)19(3)37)36-42-17-27(38)35-26(13-20-14-32-24-11-7-5-9-22(20)24)31(40)34-16-21-15-33-25-12-8-6-10-23(21)25/h5-12,14-15,18-19,26,29-30,32-33,37,39H,13,16-17H2,1-4H3,(H,34,40)(H,35,38)/b36-28+/t19-,26+,29+,30+/m1/s1. The number of carbonyl (C=O) groups excluding carboxylic acids is 2. The molecule has 0 saturated heterocycles. The number of amides is 2. The number of fused-ring (bicyclic) bond motifs is 2. The molecule has 0 saturated carbocycles. The van der Waals surface area contributed by atoms with Gasteiger partial charge in [0.05, 0.1) is 6.10 Å². The fourth-order valence-corrected chi connectivity index (χ4v) is 4.97. The highest BCUT2D eigenvalue weighted by Crippen LogP contribution is 2.20. The van der Waals surface area contributed by atoms with Gasteiger partial charge in [-0.15, -0.1) is 0 Å². The maximum atomic E-state index is 13.4. The van der Waals surface area contributed by atoms with Crippen LogP contribution < -0.4 is 10.6 Å². The number of aromatic nitrogens is 2. The summed E-state index contributed by atoms with van der Waals surface area (Å²) in [5.74, 6) is -1.01. The number of para-hydroxylation sites is 2. The second-order valence-electron chi connectivity index (χ2n) is 10.6.